The number of anilines is 1. The number of aryl methyl sites for hydroxylation is 1. The van der Waals surface area contributed by atoms with E-state index in [2.05, 4.69) is 24.4 Å². The molecule has 0 aliphatic rings. The first-order valence-electron chi connectivity index (χ1n) is 8.71. The Morgan fingerprint density at radius 1 is 1.19 bits per heavy atom. The van der Waals surface area contributed by atoms with Gasteiger partial charge in [0.1, 0.15) is 5.00 Å². The van der Waals surface area contributed by atoms with E-state index in [1.54, 1.807) is 6.92 Å². The maximum Gasteiger partial charge on any atom is 0.341 e. The number of rotatable bonds is 6. The molecule has 3 rings (SSSR count). The second kappa shape index (κ2) is 8.50. The lowest BCUT2D eigenvalue weighted by Crippen LogP contribution is -2.13. The molecule has 140 valence electrons. The third kappa shape index (κ3) is 4.46. The number of carbonyl (C=O) groups excluding carboxylic acids is 2. The lowest BCUT2D eigenvalue weighted by Gasteiger charge is -2.09. The zero-order valence-corrected chi connectivity index (χ0v) is 17.1. The van der Waals surface area contributed by atoms with Crippen LogP contribution in [0.2, 0.25) is 0 Å². The number of benzene rings is 1. The molecule has 0 aliphatic heterocycles. The van der Waals surface area contributed by atoms with Gasteiger partial charge in [0.25, 0.3) is 5.91 Å². The molecule has 1 unspecified atom stereocenters. The van der Waals surface area contributed by atoms with Crippen molar-refractivity contribution in [2.75, 3.05) is 11.9 Å². The Labute approximate surface area is 166 Å². The molecular weight excluding hydrogens is 378 g/mol. The van der Waals surface area contributed by atoms with Gasteiger partial charge in [0.15, 0.2) is 0 Å². The topological polar surface area (TPSA) is 55.4 Å². The molecule has 0 saturated heterocycles. The third-order valence-electron chi connectivity index (χ3n) is 4.19. The lowest BCUT2D eigenvalue weighted by molar-refractivity contribution is 0.0528. The average Bonchev–Trinajstić information content (AvgIpc) is 3.28. The van der Waals surface area contributed by atoms with Gasteiger partial charge in [-0.3, -0.25) is 4.79 Å². The maximum absolute atomic E-state index is 12.6. The van der Waals surface area contributed by atoms with Gasteiger partial charge < -0.3 is 10.1 Å². The van der Waals surface area contributed by atoms with Gasteiger partial charge in [-0.05, 0) is 31.5 Å². The Balaban J connectivity index is 1.92. The Morgan fingerprint density at radius 3 is 2.56 bits per heavy atom. The fourth-order valence-electron chi connectivity index (χ4n) is 2.72. The van der Waals surface area contributed by atoms with Crippen molar-refractivity contribution < 1.29 is 14.3 Å². The molecule has 0 radical (unpaired) electrons. The third-order valence-corrected chi connectivity index (χ3v) is 6.29. The van der Waals surface area contributed by atoms with Crippen molar-refractivity contribution in [1.82, 2.24) is 0 Å². The summed E-state index contributed by atoms with van der Waals surface area (Å²) in [6.45, 7) is 6.10. The van der Waals surface area contributed by atoms with Gasteiger partial charge in [0, 0.05) is 21.1 Å². The van der Waals surface area contributed by atoms with E-state index >= 15 is 0 Å². The van der Waals surface area contributed by atoms with Crippen LogP contribution in [0.15, 0.2) is 47.8 Å². The predicted octanol–water partition coefficient (Wildman–Crippen LogP) is 5.70. The van der Waals surface area contributed by atoms with Crippen LogP contribution in [-0.2, 0) is 4.74 Å². The van der Waals surface area contributed by atoms with E-state index in [0.717, 1.165) is 15.3 Å². The normalized spacial score (nSPS) is 11.8. The molecule has 0 aliphatic carbocycles. The van der Waals surface area contributed by atoms with E-state index in [1.807, 2.05) is 42.6 Å². The molecule has 4 nitrogen and oxygen atoms in total. The first-order chi connectivity index (χ1) is 13.0. The van der Waals surface area contributed by atoms with Crippen LogP contribution >= 0.6 is 22.7 Å². The zero-order chi connectivity index (χ0) is 19.4. The molecule has 1 atom stereocenters. The van der Waals surface area contributed by atoms with E-state index in [0.29, 0.717) is 16.1 Å². The molecule has 1 aromatic carbocycles. The summed E-state index contributed by atoms with van der Waals surface area (Å²) < 4.78 is 5.18. The molecule has 0 saturated carbocycles. The van der Waals surface area contributed by atoms with E-state index < -0.39 is 5.97 Å². The van der Waals surface area contributed by atoms with Crippen LogP contribution in [-0.4, -0.2) is 18.5 Å². The van der Waals surface area contributed by atoms with Crippen LogP contribution in [0.1, 0.15) is 55.8 Å². The molecule has 1 amide bonds. The zero-order valence-electron chi connectivity index (χ0n) is 15.4. The lowest BCUT2D eigenvalue weighted by atomic mass is 9.99. The molecule has 1 N–H and O–H groups in total. The van der Waals surface area contributed by atoms with Crippen molar-refractivity contribution in [2.24, 2.45) is 0 Å². The fourth-order valence-corrected chi connectivity index (χ4v) is 4.52. The van der Waals surface area contributed by atoms with Crippen molar-refractivity contribution >= 4 is 39.6 Å². The number of ether oxygens (including phenoxy) is 1. The van der Waals surface area contributed by atoms with Crippen molar-refractivity contribution in [1.29, 1.82) is 0 Å². The van der Waals surface area contributed by atoms with Crippen LogP contribution in [0.5, 0.6) is 0 Å². The molecule has 3 aromatic rings. The van der Waals surface area contributed by atoms with E-state index in [-0.39, 0.29) is 18.4 Å². The SMILES string of the molecule is CCOC(=O)c1cc(C(C)c2ccccc2)sc1NC(=O)c1csc(C)c1. The predicted molar refractivity (Wildman–Crippen MR) is 111 cm³/mol. The smallest absolute Gasteiger partial charge is 0.341 e. The number of amides is 1. The van der Waals surface area contributed by atoms with Gasteiger partial charge in [-0.2, -0.15) is 0 Å². The number of thiophene rings is 2. The van der Waals surface area contributed by atoms with E-state index in [1.165, 1.54) is 22.7 Å². The molecular formula is C21H21NO3S2. The Hall–Kier alpha value is -2.44. The highest BCUT2D eigenvalue weighted by Crippen LogP contribution is 2.36. The van der Waals surface area contributed by atoms with Crippen molar-refractivity contribution in [3.63, 3.8) is 0 Å². The minimum Gasteiger partial charge on any atom is -0.462 e. The summed E-state index contributed by atoms with van der Waals surface area (Å²) in [6.07, 6.45) is 0. The number of carbonyl (C=O) groups is 2. The summed E-state index contributed by atoms with van der Waals surface area (Å²) >= 11 is 2.94. The average molecular weight is 400 g/mol. The summed E-state index contributed by atoms with van der Waals surface area (Å²) in [4.78, 5) is 27.0. The fraction of sp³-hybridized carbons (Fsp3) is 0.238. The Kier molecular flexibility index (Phi) is 6.08. The number of esters is 1. The minimum absolute atomic E-state index is 0.110. The van der Waals surface area contributed by atoms with Crippen molar-refractivity contribution in [3.05, 3.63) is 74.3 Å². The van der Waals surface area contributed by atoms with Crippen LogP contribution in [0, 0.1) is 6.92 Å². The maximum atomic E-state index is 12.6. The standard InChI is InChI=1S/C21H21NO3S2/c1-4-25-21(24)17-11-18(14(3)15-8-6-5-7-9-15)27-20(17)22-19(23)16-10-13(2)26-12-16/h5-12,14H,4H2,1-3H3,(H,22,23). The second-order valence-corrected chi connectivity index (χ2v) is 8.34. The van der Waals surface area contributed by atoms with Crippen LogP contribution in [0.25, 0.3) is 0 Å². The molecule has 2 heterocycles. The number of hydrogen-bond acceptors (Lipinski definition) is 5. The first kappa shape index (κ1) is 19.3. The van der Waals surface area contributed by atoms with Crippen LogP contribution in [0.4, 0.5) is 5.00 Å². The molecule has 0 bridgehead atoms. The Morgan fingerprint density at radius 2 is 1.93 bits per heavy atom. The highest BCUT2D eigenvalue weighted by Gasteiger charge is 2.22. The molecule has 27 heavy (non-hydrogen) atoms. The van der Waals surface area contributed by atoms with Gasteiger partial charge in [-0.1, -0.05) is 37.3 Å². The van der Waals surface area contributed by atoms with Gasteiger partial charge in [0.05, 0.1) is 17.7 Å². The van der Waals surface area contributed by atoms with Gasteiger partial charge in [-0.15, -0.1) is 22.7 Å². The molecule has 0 fully saturated rings. The monoisotopic (exact) mass is 399 g/mol. The minimum atomic E-state index is -0.419. The van der Waals surface area contributed by atoms with Gasteiger partial charge in [0.2, 0.25) is 0 Å². The second-order valence-electron chi connectivity index (χ2n) is 6.14. The molecule has 0 spiro atoms. The van der Waals surface area contributed by atoms with Crippen LogP contribution in [0.3, 0.4) is 0 Å². The Bertz CT molecular complexity index is 944. The largest absolute Gasteiger partial charge is 0.462 e. The summed E-state index contributed by atoms with van der Waals surface area (Å²) in [5.74, 6) is -0.527. The van der Waals surface area contributed by atoms with Gasteiger partial charge in [-0.25, -0.2) is 4.79 Å². The molecule has 6 heteroatoms. The van der Waals surface area contributed by atoms with E-state index in [9.17, 15) is 9.59 Å². The first-order valence-corrected chi connectivity index (χ1v) is 10.4. The summed E-state index contributed by atoms with van der Waals surface area (Å²) in [7, 11) is 0. The number of hydrogen-bond donors (Lipinski definition) is 1. The summed E-state index contributed by atoms with van der Waals surface area (Å²) in [5, 5.41) is 5.23. The highest BCUT2D eigenvalue weighted by molar-refractivity contribution is 7.16. The molecule has 2 aromatic heterocycles. The summed E-state index contributed by atoms with van der Waals surface area (Å²) in [6, 6.07) is 13.7. The highest BCUT2D eigenvalue weighted by atomic mass is 32.1. The van der Waals surface area contributed by atoms with E-state index in [4.69, 9.17) is 4.74 Å². The van der Waals surface area contributed by atoms with Gasteiger partial charge >= 0.3 is 5.97 Å². The summed E-state index contributed by atoms with van der Waals surface area (Å²) in [5.41, 5.74) is 2.15. The number of nitrogens with one attached hydrogen (secondary N) is 1. The van der Waals surface area contributed by atoms with Crippen LogP contribution < -0.4 is 5.32 Å². The quantitative estimate of drug-likeness (QED) is 0.541. The van der Waals surface area contributed by atoms with Crippen molar-refractivity contribution in [3.8, 4) is 0 Å². The van der Waals surface area contributed by atoms with Crippen molar-refractivity contribution in [2.45, 2.75) is 26.7 Å².